The third kappa shape index (κ3) is 4.21. The molecule has 3 heterocycles. The molecule has 0 spiro atoms. The van der Waals surface area contributed by atoms with E-state index in [1.54, 1.807) is 10.6 Å². The minimum atomic E-state index is -0.338. The molecular weight excluding hydrogens is 446 g/mol. The Morgan fingerprint density at radius 3 is 2.54 bits per heavy atom. The van der Waals surface area contributed by atoms with Gasteiger partial charge in [-0.05, 0) is 43.2 Å². The number of phenolic OH excluding ortho intramolecular Hbond substituents is 1. The maximum Gasteiger partial charge on any atom is 0.289 e. The molecule has 5 rings (SSSR count). The van der Waals surface area contributed by atoms with Gasteiger partial charge in [-0.2, -0.15) is 5.10 Å². The Labute approximate surface area is 202 Å². The molecule has 1 fully saturated rings. The summed E-state index contributed by atoms with van der Waals surface area (Å²) in [7, 11) is 0. The quantitative estimate of drug-likeness (QED) is 0.391. The highest BCUT2D eigenvalue weighted by atomic mass is 16.5. The van der Waals surface area contributed by atoms with E-state index in [9.17, 15) is 9.90 Å². The van der Waals surface area contributed by atoms with Crippen LogP contribution in [0.25, 0.3) is 28.0 Å². The Hall–Kier alpha value is -3.92. The van der Waals surface area contributed by atoms with Crippen LogP contribution in [0.2, 0.25) is 0 Å². The van der Waals surface area contributed by atoms with E-state index in [4.69, 9.17) is 4.74 Å². The van der Waals surface area contributed by atoms with Crippen LogP contribution in [-0.2, 0) is 4.74 Å². The molecule has 10 nitrogen and oxygen atoms in total. The minimum absolute atomic E-state index is 0.0142. The lowest BCUT2D eigenvalue weighted by Crippen LogP contribution is -2.36. The molecule has 0 unspecified atom stereocenters. The zero-order valence-electron chi connectivity index (χ0n) is 20.1. The Kier molecular flexibility index (Phi) is 6.12. The Morgan fingerprint density at radius 2 is 1.86 bits per heavy atom. The molecule has 182 valence electrons. The Morgan fingerprint density at radius 1 is 1.14 bits per heavy atom. The second-order valence-electron chi connectivity index (χ2n) is 8.84. The summed E-state index contributed by atoms with van der Waals surface area (Å²) in [5.74, 6) is 0.418. The predicted molar refractivity (Wildman–Crippen MR) is 133 cm³/mol. The molecule has 0 bridgehead atoms. The van der Waals surface area contributed by atoms with Crippen molar-refractivity contribution in [3.8, 4) is 22.8 Å². The normalized spacial score (nSPS) is 14.1. The van der Waals surface area contributed by atoms with E-state index in [-0.39, 0.29) is 23.4 Å². The van der Waals surface area contributed by atoms with Crippen LogP contribution < -0.4 is 10.2 Å². The lowest BCUT2D eigenvalue weighted by Gasteiger charge is -2.29. The molecule has 4 aromatic rings. The maximum atomic E-state index is 12.9. The first-order valence-corrected chi connectivity index (χ1v) is 11.9. The van der Waals surface area contributed by atoms with E-state index >= 15 is 0 Å². The highest BCUT2D eigenvalue weighted by Gasteiger charge is 2.24. The number of aromatic amines is 1. The van der Waals surface area contributed by atoms with Gasteiger partial charge < -0.3 is 20.1 Å². The van der Waals surface area contributed by atoms with Crippen molar-refractivity contribution in [2.24, 2.45) is 0 Å². The number of rotatable bonds is 6. The van der Waals surface area contributed by atoms with Crippen LogP contribution in [-0.4, -0.2) is 68.8 Å². The van der Waals surface area contributed by atoms with Crippen molar-refractivity contribution < 1.29 is 14.6 Å². The zero-order chi connectivity index (χ0) is 24.5. The Balaban J connectivity index is 1.63. The fourth-order valence-corrected chi connectivity index (χ4v) is 4.41. The van der Waals surface area contributed by atoms with Gasteiger partial charge in [0.05, 0.1) is 24.3 Å². The van der Waals surface area contributed by atoms with Gasteiger partial charge in [-0.1, -0.05) is 13.8 Å². The molecule has 2 aromatic heterocycles. The van der Waals surface area contributed by atoms with E-state index in [2.05, 4.69) is 44.5 Å². The molecule has 10 heteroatoms. The molecule has 1 amide bonds. The molecule has 0 aliphatic carbocycles. The van der Waals surface area contributed by atoms with E-state index in [0.717, 1.165) is 35.5 Å². The lowest BCUT2D eigenvalue weighted by molar-refractivity contribution is 0.0943. The number of phenols is 1. The summed E-state index contributed by atoms with van der Waals surface area (Å²) in [5, 5.41) is 30.5. The van der Waals surface area contributed by atoms with Gasteiger partial charge in [-0.3, -0.25) is 14.5 Å². The highest BCUT2D eigenvalue weighted by Crippen LogP contribution is 2.36. The summed E-state index contributed by atoms with van der Waals surface area (Å²) < 4.78 is 7.14. The summed E-state index contributed by atoms with van der Waals surface area (Å²) in [6.45, 7) is 9.52. The fourth-order valence-electron chi connectivity index (χ4n) is 4.41. The molecule has 3 N–H and O–H groups in total. The number of morpholine rings is 1. The smallest absolute Gasteiger partial charge is 0.289 e. The van der Waals surface area contributed by atoms with Crippen LogP contribution in [0.1, 0.15) is 43.0 Å². The first-order chi connectivity index (χ1) is 17.0. The van der Waals surface area contributed by atoms with Gasteiger partial charge in [0.25, 0.3) is 5.91 Å². The van der Waals surface area contributed by atoms with Crippen molar-refractivity contribution in [1.29, 1.82) is 0 Å². The second kappa shape index (κ2) is 9.38. The van der Waals surface area contributed by atoms with E-state index in [1.807, 2.05) is 37.3 Å². The maximum absolute atomic E-state index is 12.9. The van der Waals surface area contributed by atoms with E-state index in [1.165, 1.54) is 0 Å². The molecule has 2 aromatic carbocycles. The summed E-state index contributed by atoms with van der Waals surface area (Å²) in [5.41, 5.74) is 3.90. The average Bonchev–Trinajstić information content (AvgIpc) is 3.48. The number of carbonyl (C=O) groups is 1. The standard InChI is InChI=1S/C25H29N7O3/c1-4-26-25(34)24-30-29-23(19-13-18-20(14-21(19)33)27-28-22(18)15(2)3)32(24)17-7-5-16(6-8-17)31-9-11-35-12-10-31/h5-8,13-15,33H,4,9-12H2,1-3H3,(H,26,34)(H,27,28). The molecule has 1 aliphatic heterocycles. The largest absolute Gasteiger partial charge is 0.507 e. The van der Waals surface area contributed by atoms with Crippen LogP contribution in [0.5, 0.6) is 5.75 Å². The van der Waals surface area contributed by atoms with Crippen LogP contribution in [0.3, 0.4) is 0 Å². The van der Waals surface area contributed by atoms with Gasteiger partial charge in [0.15, 0.2) is 5.82 Å². The van der Waals surface area contributed by atoms with Crippen molar-refractivity contribution in [1.82, 2.24) is 30.3 Å². The number of hydrogen-bond donors (Lipinski definition) is 3. The predicted octanol–water partition coefficient (Wildman–Crippen LogP) is 3.23. The molecule has 0 radical (unpaired) electrons. The summed E-state index contributed by atoms with van der Waals surface area (Å²) >= 11 is 0. The van der Waals surface area contributed by atoms with Crippen LogP contribution in [0, 0.1) is 0 Å². The molecular formula is C25H29N7O3. The number of fused-ring (bicyclic) bond motifs is 1. The minimum Gasteiger partial charge on any atom is -0.507 e. The van der Waals surface area contributed by atoms with Crippen LogP contribution in [0.4, 0.5) is 5.69 Å². The number of hydrogen-bond acceptors (Lipinski definition) is 7. The van der Waals surface area contributed by atoms with Crippen LogP contribution in [0.15, 0.2) is 36.4 Å². The SMILES string of the molecule is CCNC(=O)c1nnc(-c2cc3c(C(C)C)[nH]nc3cc2O)n1-c1ccc(N2CCOCC2)cc1. The first kappa shape index (κ1) is 22.9. The lowest BCUT2D eigenvalue weighted by atomic mass is 10.0. The number of nitrogens with zero attached hydrogens (tertiary/aromatic N) is 5. The third-order valence-electron chi connectivity index (χ3n) is 6.21. The zero-order valence-corrected chi connectivity index (χ0v) is 20.1. The molecule has 0 atom stereocenters. The number of amides is 1. The van der Waals surface area contributed by atoms with Crippen molar-refractivity contribution in [2.45, 2.75) is 26.7 Å². The highest BCUT2D eigenvalue weighted by molar-refractivity contribution is 5.93. The van der Waals surface area contributed by atoms with Gasteiger partial charge in [-0.25, -0.2) is 0 Å². The van der Waals surface area contributed by atoms with Crippen molar-refractivity contribution in [2.75, 3.05) is 37.7 Å². The van der Waals surface area contributed by atoms with Crippen LogP contribution >= 0.6 is 0 Å². The number of aromatic hydroxyl groups is 1. The van der Waals surface area contributed by atoms with Crippen molar-refractivity contribution >= 4 is 22.5 Å². The molecule has 35 heavy (non-hydrogen) atoms. The molecule has 1 aliphatic rings. The van der Waals surface area contributed by atoms with Crippen molar-refractivity contribution in [3.63, 3.8) is 0 Å². The number of H-pyrrole nitrogens is 1. The topological polar surface area (TPSA) is 121 Å². The third-order valence-corrected chi connectivity index (χ3v) is 6.21. The van der Waals surface area contributed by atoms with Gasteiger partial charge in [-0.15, -0.1) is 10.2 Å². The monoisotopic (exact) mass is 475 g/mol. The summed E-state index contributed by atoms with van der Waals surface area (Å²) in [4.78, 5) is 15.1. The average molecular weight is 476 g/mol. The van der Waals surface area contributed by atoms with Gasteiger partial charge in [0, 0.05) is 48.2 Å². The first-order valence-electron chi connectivity index (χ1n) is 11.9. The van der Waals surface area contributed by atoms with Gasteiger partial charge in [0.1, 0.15) is 5.75 Å². The summed E-state index contributed by atoms with van der Waals surface area (Å²) in [6, 6.07) is 11.4. The van der Waals surface area contributed by atoms with E-state index < -0.39 is 0 Å². The molecule has 0 saturated carbocycles. The number of nitrogens with one attached hydrogen (secondary N) is 2. The van der Waals surface area contributed by atoms with Gasteiger partial charge in [0.2, 0.25) is 5.82 Å². The van der Waals surface area contributed by atoms with E-state index in [0.29, 0.717) is 36.7 Å². The second-order valence-corrected chi connectivity index (χ2v) is 8.84. The molecule has 1 saturated heterocycles. The number of aromatic nitrogens is 5. The number of anilines is 1. The summed E-state index contributed by atoms with van der Waals surface area (Å²) in [6.07, 6.45) is 0. The number of benzene rings is 2. The Bertz CT molecular complexity index is 1350. The number of carbonyl (C=O) groups excluding carboxylic acids is 1. The van der Waals surface area contributed by atoms with Gasteiger partial charge >= 0.3 is 0 Å². The van der Waals surface area contributed by atoms with Crippen molar-refractivity contribution in [3.05, 3.63) is 47.9 Å². The fraction of sp³-hybridized carbons (Fsp3) is 0.360. The number of ether oxygens (including phenoxy) is 1.